The largest absolute Gasteiger partial charge is 0.785 e. The predicted molar refractivity (Wildman–Crippen MR) is 178 cm³/mol. The van der Waals surface area contributed by atoms with E-state index in [9.17, 15) is 10.3 Å². The van der Waals surface area contributed by atoms with Crippen molar-refractivity contribution in [1.82, 2.24) is 10.0 Å². The van der Waals surface area contributed by atoms with Crippen molar-refractivity contribution in [3.8, 4) is 11.3 Å². The van der Waals surface area contributed by atoms with Gasteiger partial charge in [0, 0.05) is 35.4 Å². The van der Waals surface area contributed by atoms with Gasteiger partial charge in [-0.05, 0) is 68.6 Å². The second kappa shape index (κ2) is 13.1. The van der Waals surface area contributed by atoms with Gasteiger partial charge in [-0.3, -0.25) is 9.98 Å². The van der Waals surface area contributed by atoms with Gasteiger partial charge in [-0.25, -0.2) is 0 Å². The van der Waals surface area contributed by atoms with Gasteiger partial charge in [0.1, 0.15) is 0 Å². The lowest BCUT2D eigenvalue weighted by Crippen LogP contribution is -2.25. The van der Waals surface area contributed by atoms with Crippen LogP contribution in [0.5, 0.6) is 0 Å². The summed E-state index contributed by atoms with van der Waals surface area (Å²) in [6, 6.07) is 20.5. The van der Waals surface area contributed by atoms with Crippen molar-refractivity contribution in [1.29, 1.82) is 0 Å². The molecule has 1 saturated carbocycles. The normalized spacial score (nSPS) is 14.5. The number of hydrogen-bond donors (Lipinski definition) is 2. The Kier molecular flexibility index (Phi) is 9.69. The number of nitrogens with zero attached hydrogens (tertiary/aromatic N) is 3. The maximum atomic E-state index is 13.6. The molecular weight excluding hydrogens is 626 g/mol. The molecule has 0 radical (unpaired) electrons. The Morgan fingerprint density at radius 3 is 2.42 bits per heavy atom. The summed E-state index contributed by atoms with van der Waals surface area (Å²) in [5, 5.41) is 27.0. The van der Waals surface area contributed by atoms with Crippen molar-refractivity contribution in [3.63, 3.8) is 0 Å². The zero-order valence-electron chi connectivity index (χ0n) is 23.7. The summed E-state index contributed by atoms with van der Waals surface area (Å²) in [4.78, 5) is 9.46. The molecule has 3 aromatic carbocycles. The summed E-state index contributed by atoms with van der Waals surface area (Å²) >= 11 is 26.2. The molecule has 4 aromatic rings. The van der Waals surface area contributed by atoms with Crippen LogP contribution in [0.1, 0.15) is 60.6 Å². The topological polar surface area (TPSA) is 97.8 Å². The molecule has 0 saturated heterocycles. The number of anilines is 1. The fourth-order valence-electron chi connectivity index (χ4n) is 4.87. The van der Waals surface area contributed by atoms with Crippen LogP contribution in [0.4, 0.5) is 5.69 Å². The maximum absolute atomic E-state index is 13.6. The zero-order valence-corrected chi connectivity index (χ0v) is 26.7. The Bertz CT molecular complexity index is 1650. The highest BCUT2D eigenvalue weighted by molar-refractivity contribution is 6.44. The van der Waals surface area contributed by atoms with Crippen molar-refractivity contribution in [2.45, 2.75) is 50.8 Å². The summed E-state index contributed by atoms with van der Waals surface area (Å²) in [5.74, 6) is -0.478. The summed E-state index contributed by atoms with van der Waals surface area (Å²) in [6.45, 7) is 3.41. The molecule has 1 fully saturated rings. The lowest BCUT2D eigenvalue weighted by Gasteiger charge is -2.33. The lowest BCUT2D eigenvalue weighted by molar-refractivity contribution is 0.0785. The van der Waals surface area contributed by atoms with Crippen LogP contribution in [-0.4, -0.2) is 34.0 Å². The zero-order chi connectivity index (χ0) is 30.9. The van der Waals surface area contributed by atoms with Gasteiger partial charge in [0.25, 0.3) is 0 Å². The highest BCUT2D eigenvalue weighted by Crippen LogP contribution is 2.42. The predicted octanol–water partition coefficient (Wildman–Crippen LogP) is 8.88. The third-order valence-corrected chi connectivity index (χ3v) is 8.85. The molecule has 1 unspecified atom stereocenters. The molecule has 0 spiro atoms. The van der Waals surface area contributed by atoms with E-state index in [1.54, 1.807) is 50.4 Å². The Morgan fingerprint density at radius 2 is 1.74 bits per heavy atom. The second-order valence-electron chi connectivity index (χ2n) is 11.3. The fourth-order valence-corrected chi connectivity index (χ4v) is 5.94. The highest BCUT2D eigenvalue weighted by Gasteiger charge is 2.28. The third kappa shape index (κ3) is 7.52. The molecule has 224 valence electrons. The van der Waals surface area contributed by atoms with Crippen LogP contribution in [0.2, 0.25) is 20.1 Å². The van der Waals surface area contributed by atoms with E-state index in [2.05, 4.69) is 4.99 Å². The molecule has 6 nitrogen and oxygen atoms in total. The standard InChI is InChI=1S/C33H31Cl4N4O2/c1-33(2,42)25-15-28(40-32(30(25)37)23-9-6-10-26(34)29(23)36)24(20-7-4-3-5-8-20)18-41(43)17-19-13-21(16-39-22-11-12-22)31(38)27(35)14-19/h3-10,13-16,22,24,42H,11-12,17-18,38H2,1-2H3/q-1. The summed E-state index contributed by atoms with van der Waals surface area (Å²) < 4.78 is 0. The van der Waals surface area contributed by atoms with Gasteiger partial charge in [0.2, 0.25) is 0 Å². The monoisotopic (exact) mass is 655 g/mol. The molecule has 5 rings (SSSR count). The van der Waals surface area contributed by atoms with Gasteiger partial charge in [0.15, 0.2) is 0 Å². The van der Waals surface area contributed by atoms with Crippen LogP contribution in [0.15, 0.2) is 71.7 Å². The van der Waals surface area contributed by atoms with E-state index in [0.29, 0.717) is 60.4 Å². The van der Waals surface area contributed by atoms with E-state index in [4.69, 9.17) is 57.1 Å². The molecule has 1 aliphatic rings. The first kappa shape index (κ1) is 31.7. The maximum Gasteiger partial charge on any atom is 0.0911 e. The van der Waals surface area contributed by atoms with Crippen LogP contribution in [0.25, 0.3) is 11.3 Å². The molecule has 0 bridgehead atoms. The minimum atomic E-state index is -1.31. The Balaban J connectivity index is 1.55. The molecule has 1 aliphatic carbocycles. The van der Waals surface area contributed by atoms with Gasteiger partial charge < -0.3 is 21.1 Å². The summed E-state index contributed by atoms with van der Waals surface area (Å²) in [5.41, 5.74) is 9.49. The Labute approximate surface area is 271 Å². The number of nitrogens with two attached hydrogens (primary N) is 1. The number of benzene rings is 3. The molecule has 43 heavy (non-hydrogen) atoms. The van der Waals surface area contributed by atoms with Crippen molar-refractivity contribution < 1.29 is 5.11 Å². The number of rotatable bonds is 10. The Morgan fingerprint density at radius 1 is 1.02 bits per heavy atom. The molecule has 0 amide bonds. The molecule has 1 atom stereocenters. The second-order valence-corrected chi connectivity index (χ2v) is 12.9. The molecule has 0 aliphatic heterocycles. The van der Waals surface area contributed by atoms with Crippen molar-refractivity contribution >= 4 is 58.3 Å². The number of aromatic nitrogens is 1. The fraction of sp³-hybridized carbons (Fsp3) is 0.273. The quantitative estimate of drug-likeness (QED) is 0.101. The van der Waals surface area contributed by atoms with Crippen LogP contribution in [0, 0.1) is 5.21 Å². The molecular formula is C33H31Cl4N4O2-. The van der Waals surface area contributed by atoms with Crippen LogP contribution in [-0.2, 0) is 12.1 Å². The third-order valence-electron chi connectivity index (χ3n) is 7.34. The van der Waals surface area contributed by atoms with E-state index in [1.165, 1.54) is 0 Å². The smallest absolute Gasteiger partial charge is 0.0911 e. The van der Waals surface area contributed by atoms with E-state index >= 15 is 0 Å². The first-order chi connectivity index (χ1) is 20.4. The lowest BCUT2D eigenvalue weighted by atomic mass is 9.89. The highest BCUT2D eigenvalue weighted by atomic mass is 35.5. The van der Waals surface area contributed by atoms with E-state index in [0.717, 1.165) is 23.5 Å². The van der Waals surface area contributed by atoms with Crippen LogP contribution >= 0.6 is 46.4 Å². The molecule has 1 aromatic heterocycles. The number of nitrogen functional groups attached to an aromatic ring is 1. The summed E-state index contributed by atoms with van der Waals surface area (Å²) in [6.07, 6.45) is 3.87. The first-order valence-corrected chi connectivity index (χ1v) is 15.4. The minimum absolute atomic E-state index is 0.0557. The van der Waals surface area contributed by atoms with Gasteiger partial charge in [-0.2, -0.15) is 0 Å². The number of halogens is 4. The van der Waals surface area contributed by atoms with Gasteiger partial charge in [-0.1, -0.05) is 88.9 Å². The summed E-state index contributed by atoms with van der Waals surface area (Å²) in [7, 11) is 0. The molecule has 3 N–H and O–H groups in total. The van der Waals surface area contributed by atoms with Crippen molar-refractivity contribution in [3.05, 3.63) is 120 Å². The van der Waals surface area contributed by atoms with E-state index in [1.807, 2.05) is 36.4 Å². The number of pyridine rings is 1. The van der Waals surface area contributed by atoms with Gasteiger partial charge in [-0.15, -0.1) is 0 Å². The first-order valence-electron chi connectivity index (χ1n) is 13.9. The van der Waals surface area contributed by atoms with Crippen LogP contribution < -0.4 is 5.73 Å². The number of aliphatic hydroxyl groups is 1. The van der Waals surface area contributed by atoms with E-state index in [-0.39, 0.29) is 18.1 Å². The molecule has 1 heterocycles. The van der Waals surface area contributed by atoms with Crippen molar-refractivity contribution in [2.75, 3.05) is 12.3 Å². The van der Waals surface area contributed by atoms with Crippen molar-refractivity contribution in [2.24, 2.45) is 4.99 Å². The SMILES string of the molecule is CC(C)(O)c1cc(C(CN([O-])Cc2cc(Cl)c(N)c(C=NC3CC3)c2)c2ccccc2)nc(-c2cccc(Cl)c2Cl)c1Cl. The Hall–Kier alpha value is -2.68. The number of hydroxylamine groups is 2. The van der Waals surface area contributed by atoms with E-state index < -0.39 is 11.5 Å². The number of aliphatic imine (C=N–C) groups is 1. The van der Waals surface area contributed by atoms with Gasteiger partial charge >= 0.3 is 0 Å². The average molecular weight is 657 g/mol. The molecule has 10 heteroatoms. The van der Waals surface area contributed by atoms with Crippen LogP contribution in [0.3, 0.4) is 0 Å². The van der Waals surface area contributed by atoms with Gasteiger partial charge in [0.05, 0.1) is 48.8 Å². The minimum Gasteiger partial charge on any atom is -0.785 e. The number of hydrogen-bond acceptors (Lipinski definition) is 6. The average Bonchev–Trinajstić information content (AvgIpc) is 3.79.